The third-order valence-corrected chi connectivity index (χ3v) is 5.88. The van der Waals surface area contributed by atoms with Crippen molar-refractivity contribution < 1.29 is 14.2 Å². The molecule has 0 radical (unpaired) electrons. The lowest BCUT2D eigenvalue weighted by Gasteiger charge is -2.30. The molecule has 0 bridgehead atoms. The van der Waals surface area contributed by atoms with Crippen molar-refractivity contribution in [1.29, 1.82) is 0 Å². The number of ether oxygens (including phenoxy) is 3. The smallest absolute Gasteiger partial charge is 0.145 e. The minimum absolute atomic E-state index is 0.0289. The van der Waals surface area contributed by atoms with Gasteiger partial charge in [0.1, 0.15) is 29.8 Å². The molecule has 2 aliphatic heterocycles. The van der Waals surface area contributed by atoms with E-state index < -0.39 is 0 Å². The fourth-order valence-corrected chi connectivity index (χ4v) is 4.49. The van der Waals surface area contributed by atoms with Crippen LogP contribution in [0.15, 0.2) is 60.6 Å². The Labute approximate surface area is 202 Å². The summed E-state index contributed by atoms with van der Waals surface area (Å²) in [4.78, 5) is 11.6. The highest BCUT2D eigenvalue weighted by molar-refractivity contribution is 5.86. The minimum Gasteiger partial charge on any atom is -0.491 e. The van der Waals surface area contributed by atoms with E-state index in [2.05, 4.69) is 86.4 Å². The summed E-state index contributed by atoms with van der Waals surface area (Å²) in [6.45, 7) is 7.11. The third-order valence-electron chi connectivity index (χ3n) is 5.88. The van der Waals surface area contributed by atoms with Gasteiger partial charge in [0.05, 0.1) is 24.6 Å². The van der Waals surface area contributed by atoms with Crippen LogP contribution in [0.1, 0.15) is 19.5 Å². The molecular weight excluding hydrogens is 428 g/mol. The fourth-order valence-electron chi connectivity index (χ4n) is 4.49. The molecule has 1 aromatic carbocycles. The molecule has 7 heteroatoms. The summed E-state index contributed by atoms with van der Waals surface area (Å²) >= 11 is 0. The zero-order valence-electron chi connectivity index (χ0n) is 21.1. The van der Waals surface area contributed by atoms with Gasteiger partial charge in [-0.3, -0.25) is 0 Å². The number of rotatable bonds is 10. The predicted molar refractivity (Wildman–Crippen MR) is 136 cm³/mol. The molecule has 0 N–H and O–H groups in total. The van der Waals surface area contributed by atoms with Crippen LogP contribution in [0.2, 0.25) is 0 Å². The van der Waals surface area contributed by atoms with Gasteiger partial charge >= 0.3 is 0 Å². The van der Waals surface area contributed by atoms with Crippen molar-refractivity contribution in [2.75, 3.05) is 54.6 Å². The van der Waals surface area contributed by atoms with Gasteiger partial charge in [0.2, 0.25) is 0 Å². The quantitative estimate of drug-likeness (QED) is 0.490. The zero-order valence-corrected chi connectivity index (χ0v) is 21.1. The standard InChI is InChI=1S/C27H36N4O3/c1-27(2,18-29(3)4)19-34-24-9-7-8-20-10-11-22(28-26(20)24)23-17-30(5)25-16-21(12-13-31(23)25)33-15-14-32-6/h7-13,16-17,25H,14-15,18-19H2,1-6H3. The Hall–Kier alpha value is -3.03. The van der Waals surface area contributed by atoms with E-state index in [1.807, 2.05) is 18.2 Å². The van der Waals surface area contributed by atoms with E-state index >= 15 is 0 Å². The molecule has 0 spiro atoms. The molecule has 0 saturated heterocycles. The summed E-state index contributed by atoms with van der Waals surface area (Å²) in [6, 6.07) is 10.3. The number of methoxy groups -OCH3 is 1. The molecule has 182 valence electrons. The van der Waals surface area contributed by atoms with Gasteiger partial charge in [0.25, 0.3) is 0 Å². The Morgan fingerprint density at radius 2 is 1.91 bits per heavy atom. The maximum Gasteiger partial charge on any atom is 0.145 e. The van der Waals surface area contributed by atoms with Gasteiger partial charge in [-0.05, 0) is 32.3 Å². The van der Waals surface area contributed by atoms with Crippen LogP contribution < -0.4 is 4.74 Å². The fraction of sp³-hybridized carbons (Fsp3) is 0.444. The van der Waals surface area contributed by atoms with Crippen molar-refractivity contribution in [3.8, 4) is 5.75 Å². The van der Waals surface area contributed by atoms with Crippen molar-refractivity contribution in [1.82, 2.24) is 19.7 Å². The molecule has 34 heavy (non-hydrogen) atoms. The lowest BCUT2D eigenvalue weighted by Crippen LogP contribution is -2.34. The van der Waals surface area contributed by atoms with E-state index in [1.165, 1.54) is 0 Å². The van der Waals surface area contributed by atoms with E-state index in [1.54, 1.807) is 7.11 Å². The average molecular weight is 465 g/mol. The molecule has 2 aromatic rings. The maximum atomic E-state index is 6.31. The summed E-state index contributed by atoms with van der Waals surface area (Å²) in [7, 11) is 7.92. The zero-order chi connectivity index (χ0) is 24.3. The first kappa shape index (κ1) is 24.1. The number of fused-ring (bicyclic) bond motifs is 2. The molecular formula is C27H36N4O3. The molecule has 0 fully saturated rings. The van der Waals surface area contributed by atoms with Crippen LogP contribution in [0.5, 0.6) is 5.75 Å². The summed E-state index contributed by atoms with van der Waals surface area (Å²) in [6.07, 6.45) is 8.33. The summed E-state index contributed by atoms with van der Waals surface area (Å²) in [5.74, 6) is 1.67. The monoisotopic (exact) mass is 464 g/mol. The number of pyridine rings is 1. The van der Waals surface area contributed by atoms with E-state index in [4.69, 9.17) is 19.2 Å². The van der Waals surface area contributed by atoms with Gasteiger partial charge in [-0.15, -0.1) is 0 Å². The van der Waals surface area contributed by atoms with Crippen LogP contribution in [0.4, 0.5) is 0 Å². The highest BCUT2D eigenvalue weighted by Crippen LogP contribution is 2.35. The number of likely N-dealkylation sites (N-methyl/N-ethyl adjacent to an activating group) is 1. The molecule has 0 amide bonds. The highest BCUT2D eigenvalue weighted by Gasteiger charge is 2.31. The number of hydrogen-bond donors (Lipinski definition) is 0. The SMILES string of the molecule is COCCOC1=CC2N(C)C=C(c3ccc4cccc(OCC(C)(C)CN(C)C)c4n3)N2C=C1. The molecule has 2 aliphatic rings. The normalized spacial score (nSPS) is 17.8. The first-order valence-corrected chi connectivity index (χ1v) is 11.7. The minimum atomic E-state index is 0.0289. The summed E-state index contributed by atoms with van der Waals surface area (Å²) in [5, 5.41) is 1.07. The van der Waals surface area contributed by atoms with E-state index in [0.717, 1.165) is 40.3 Å². The van der Waals surface area contributed by atoms with E-state index in [9.17, 15) is 0 Å². The molecule has 0 aliphatic carbocycles. The van der Waals surface area contributed by atoms with Crippen LogP contribution in [0, 0.1) is 5.41 Å². The molecule has 0 saturated carbocycles. The molecule has 1 aromatic heterocycles. The molecule has 3 heterocycles. The van der Waals surface area contributed by atoms with E-state index in [0.29, 0.717) is 19.8 Å². The van der Waals surface area contributed by atoms with Crippen LogP contribution >= 0.6 is 0 Å². The third kappa shape index (κ3) is 5.37. The predicted octanol–water partition coefficient (Wildman–Crippen LogP) is 4.15. The van der Waals surface area contributed by atoms with Gasteiger partial charge < -0.3 is 28.9 Å². The number of allylic oxidation sites excluding steroid dienone is 1. The van der Waals surface area contributed by atoms with Gasteiger partial charge in [0.15, 0.2) is 0 Å². The van der Waals surface area contributed by atoms with Crippen LogP contribution in [-0.4, -0.2) is 80.5 Å². The first-order chi connectivity index (χ1) is 16.3. The molecule has 1 unspecified atom stereocenters. The van der Waals surface area contributed by atoms with Gasteiger partial charge in [-0.2, -0.15) is 0 Å². The van der Waals surface area contributed by atoms with E-state index in [-0.39, 0.29) is 11.6 Å². The first-order valence-electron chi connectivity index (χ1n) is 11.7. The molecule has 7 nitrogen and oxygen atoms in total. The lowest BCUT2D eigenvalue weighted by molar-refractivity contribution is 0.111. The summed E-state index contributed by atoms with van der Waals surface area (Å²) in [5.41, 5.74) is 2.86. The Morgan fingerprint density at radius 3 is 2.68 bits per heavy atom. The Balaban J connectivity index is 1.56. The van der Waals surface area contributed by atoms with Crippen molar-refractivity contribution in [3.05, 3.63) is 66.3 Å². The Bertz CT molecular complexity index is 1110. The second kappa shape index (κ2) is 10.1. The number of benzene rings is 1. The molecule has 1 atom stereocenters. The van der Waals surface area contributed by atoms with Crippen LogP contribution in [-0.2, 0) is 9.47 Å². The maximum absolute atomic E-state index is 6.31. The van der Waals surface area contributed by atoms with Crippen LogP contribution in [0.3, 0.4) is 0 Å². The average Bonchev–Trinajstić information content (AvgIpc) is 3.12. The second-order valence-corrected chi connectivity index (χ2v) is 9.94. The number of nitrogens with zero attached hydrogens (tertiary/aromatic N) is 4. The Kier molecular flexibility index (Phi) is 7.14. The lowest BCUT2D eigenvalue weighted by atomic mass is 9.94. The van der Waals surface area contributed by atoms with Crippen molar-refractivity contribution in [3.63, 3.8) is 0 Å². The van der Waals surface area contributed by atoms with Crippen LogP contribution in [0.25, 0.3) is 16.6 Å². The molecule has 4 rings (SSSR count). The number of hydrogen-bond acceptors (Lipinski definition) is 7. The number of aromatic nitrogens is 1. The second-order valence-electron chi connectivity index (χ2n) is 9.94. The van der Waals surface area contributed by atoms with Gasteiger partial charge in [-0.1, -0.05) is 32.0 Å². The summed E-state index contributed by atoms with van der Waals surface area (Å²) < 4.78 is 17.2. The van der Waals surface area contributed by atoms with Gasteiger partial charge in [0, 0.05) is 50.0 Å². The highest BCUT2D eigenvalue weighted by atomic mass is 16.5. The largest absolute Gasteiger partial charge is 0.491 e. The Morgan fingerprint density at radius 1 is 1.09 bits per heavy atom. The van der Waals surface area contributed by atoms with Gasteiger partial charge in [-0.25, -0.2) is 4.98 Å². The number of para-hydroxylation sites is 1. The van der Waals surface area contributed by atoms with Crippen molar-refractivity contribution in [2.24, 2.45) is 5.41 Å². The van der Waals surface area contributed by atoms with Crippen molar-refractivity contribution >= 4 is 16.6 Å². The topological polar surface area (TPSA) is 50.3 Å². The van der Waals surface area contributed by atoms with Crippen molar-refractivity contribution in [2.45, 2.75) is 20.0 Å².